The van der Waals surface area contributed by atoms with E-state index < -0.39 is 0 Å². The quantitative estimate of drug-likeness (QED) is 0.283. The number of hydrogen-bond donors (Lipinski definition) is 0. The zero-order valence-electron chi connectivity index (χ0n) is 19.2. The summed E-state index contributed by atoms with van der Waals surface area (Å²) in [6, 6.07) is 0. The van der Waals surface area contributed by atoms with Crippen molar-refractivity contribution in [3.63, 3.8) is 0 Å². The van der Waals surface area contributed by atoms with Gasteiger partial charge in [-0.15, -0.1) is 0 Å². The molecule has 1 unspecified atom stereocenters. The van der Waals surface area contributed by atoms with Crippen LogP contribution in [0.2, 0.25) is 0 Å². The first-order valence-corrected chi connectivity index (χ1v) is 14.7. The highest BCUT2D eigenvalue weighted by Gasteiger charge is 2.10. The van der Waals surface area contributed by atoms with Crippen LogP contribution < -0.4 is 0 Å². The van der Waals surface area contributed by atoms with Crippen LogP contribution in [0.15, 0.2) is 0 Å². The van der Waals surface area contributed by atoms with Crippen LogP contribution in [-0.4, -0.2) is 62.1 Å². The van der Waals surface area contributed by atoms with Gasteiger partial charge in [-0.2, -0.15) is 23.5 Å². The maximum atomic E-state index is 6.19. The molecule has 3 nitrogen and oxygen atoms in total. The Bertz CT molecular complexity index is 303. The largest absolute Gasteiger partial charge is 0.378 e. The topological polar surface area (TPSA) is 27.7 Å². The van der Waals surface area contributed by atoms with Crippen molar-refractivity contribution in [1.29, 1.82) is 0 Å². The summed E-state index contributed by atoms with van der Waals surface area (Å²) < 4.78 is 17.4. The van der Waals surface area contributed by atoms with Gasteiger partial charge in [0.25, 0.3) is 0 Å². The fraction of sp³-hybridized carbons (Fsp3) is 1.00. The van der Waals surface area contributed by atoms with E-state index in [2.05, 4.69) is 6.92 Å². The molecule has 1 aliphatic heterocycles. The van der Waals surface area contributed by atoms with Crippen molar-refractivity contribution in [1.82, 2.24) is 0 Å². The molecule has 5 heteroatoms. The van der Waals surface area contributed by atoms with Gasteiger partial charge in [0.1, 0.15) is 0 Å². The standard InChI is InChI=1S/C24H48O3S2/c1-2-3-4-5-6-7-8-9-10-11-12-13-14-24-23-29-21-18-26-16-15-25-17-20-28-22-19-27-24/h24H,2-23H2,1H3. The molecule has 29 heavy (non-hydrogen) atoms. The van der Waals surface area contributed by atoms with E-state index >= 15 is 0 Å². The lowest BCUT2D eigenvalue weighted by Gasteiger charge is -2.17. The Morgan fingerprint density at radius 3 is 1.72 bits per heavy atom. The van der Waals surface area contributed by atoms with Gasteiger partial charge >= 0.3 is 0 Å². The highest BCUT2D eigenvalue weighted by molar-refractivity contribution is 7.99. The van der Waals surface area contributed by atoms with Gasteiger partial charge in [-0.05, 0) is 6.42 Å². The van der Waals surface area contributed by atoms with Crippen molar-refractivity contribution < 1.29 is 14.2 Å². The molecule has 1 fully saturated rings. The fourth-order valence-corrected chi connectivity index (χ4v) is 5.16. The number of rotatable bonds is 13. The van der Waals surface area contributed by atoms with E-state index in [9.17, 15) is 0 Å². The van der Waals surface area contributed by atoms with Crippen LogP contribution >= 0.6 is 23.5 Å². The van der Waals surface area contributed by atoms with Crippen LogP contribution in [0.1, 0.15) is 90.4 Å². The van der Waals surface area contributed by atoms with Gasteiger partial charge in [0, 0.05) is 23.0 Å². The van der Waals surface area contributed by atoms with E-state index in [1.807, 2.05) is 23.5 Å². The molecule has 0 spiro atoms. The minimum absolute atomic E-state index is 0.421. The molecule has 0 aliphatic carbocycles. The molecule has 0 radical (unpaired) electrons. The Balaban J connectivity index is 1.99. The van der Waals surface area contributed by atoms with Gasteiger partial charge in [-0.3, -0.25) is 0 Å². The summed E-state index contributed by atoms with van der Waals surface area (Å²) >= 11 is 3.92. The Labute approximate surface area is 190 Å². The van der Waals surface area contributed by atoms with E-state index in [0.29, 0.717) is 6.10 Å². The molecule has 1 aliphatic rings. The number of thioether (sulfide) groups is 2. The van der Waals surface area contributed by atoms with Crippen molar-refractivity contribution >= 4 is 23.5 Å². The van der Waals surface area contributed by atoms with Crippen LogP contribution in [0.5, 0.6) is 0 Å². The monoisotopic (exact) mass is 448 g/mol. The van der Waals surface area contributed by atoms with Crippen LogP contribution in [0.4, 0.5) is 0 Å². The molecule has 0 aromatic heterocycles. The Morgan fingerprint density at radius 1 is 0.586 bits per heavy atom. The third-order valence-corrected chi connectivity index (χ3v) is 7.35. The molecule has 0 amide bonds. The number of ether oxygens (including phenoxy) is 3. The summed E-state index contributed by atoms with van der Waals surface area (Å²) in [5.74, 6) is 4.32. The van der Waals surface area contributed by atoms with E-state index in [1.54, 1.807) is 0 Å². The zero-order chi connectivity index (χ0) is 20.7. The average Bonchev–Trinajstić information content (AvgIpc) is 2.74. The van der Waals surface area contributed by atoms with Gasteiger partial charge in [-0.1, -0.05) is 84.0 Å². The second-order valence-corrected chi connectivity index (χ2v) is 10.5. The predicted molar refractivity (Wildman–Crippen MR) is 132 cm³/mol. The summed E-state index contributed by atoms with van der Waals surface area (Å²) in [4.78, 5) is 0. The molecule has 0 bridgehead atoms. The lowest BCUT2D eigenvalue weighted by molar-refractivity contribution is 0.0605. The molecule has 174 valence electrons. The maximum Gasteiger partial charge on any atom is 0.0700 e. The van der Waals surface area contributed by atoms with Crippen LogP contribution in [-0.2, 0) is 14.2 Å². The minimum atomic E-state index is 0.421. The first-order valence-electron chi connectivity index (χ1n) is 12.4. The van der Waals surface area contributed by atoms with Gasteiger partial charge in [-0.25, -0.2) is 0 Å². The first kappa shape index (κ1) is 27.6. The Hall–Kier alpha value is 0.580. The zero-order valence-corrected chi connectivity index (χ0v) is 20.8. The number of unbranched alkanes of at least 4 members (excludes halogenated alkanes) is 11. The maximum absolute atomic E-state index is 6.19. The molecular formula is C24H48O3S2. The second-order valence-electron chi connectivity index (χ2n) is 8.08. The van der Waals surface area contributed by atoms with E-state index in [4.69, 9.17) is 14.2 Å². The average molecular weight is 449 g/mol. The van der Waals surface area contributed by atoms with Gasteiger partial charge < -0.3 is 14.2 Å². The summed E-state index contributed by atoms with van der Waals surface area (Å²) in [5, 5.41) is 0. The third kappa shape index (κ3) is 20.2. The molecule has 1 rings (SSSR count). The molecule has 0 N–H and O–H groups in total. The van der Waals surface area contributed by atoms with E-state index in [1.165, 1.54) is 83.5 Å². The van der Waals surface area contributed by atoms with Crippen molar-refractivity contribution in [3.8, 4) is 0 Å². The summed E-state index contributed by atoms with van der Waals surface area (Å²) in [6.07, 6.45) is 18.6. The summed E-state index contributed by atoms with van der Waals surface area (Å²) in [7, 11) is 0. The molecule has 1 atom stereocenters. The Morgan fingerprint density at radius 2 is 1.10 bits per heavy atom. The summed E-state index contributed by atoms with van der Waals surface area (Å²) in [6.45, 7) is 6.28. The van der Waals surface area contributed by atoms with E-state index in [0.717, 1.165) is 56.0 Å². The van der Waals surface area contributed by atoms with Crippen molar-refractivity contribution in [2.24, 2.45) is 0 Å². The molecule has 0 aromatic carbocycles. The van der Waals surface area contributed by atoms with Gasteiger partial charge in [0.05, 0.1) is 39.1 Å². The van der Waals surface area contributed by atoms with Gasteiger partial charge in [0.2, 0.25) is 0 Å². The molecule has 1 heterocycles. The van der Waals surface area contributed by atoms with E-state index in [-0.39, 0.29) is 0 Å². The summed E-state index contributed by atoms with van der Waals surface area (Å²) in [5.41, 5.74) is 0. The molecule has 0 saturated carbocycles. The van der Waals surface area contributed by atoms with Crippen LogP contribution in [0.3, 0.4) is 0 Å². The molecule has 0 aromatic rings. The van der Waals surface area contributed by atoms with Crippen molar-refractivity contribution in [2.75, 3.05) is 56.0 Å². The Kier molecular flexibility index (Phi) is 22.1. The molecular weight excluding hydrogens is 400 g/mol. The van der Waals surface area contributed by atoms with Crippen LogP contribution in [0, 0.1) is 0 Å². The first-order chi connectivity index (χ1) is 14.4. The minimum Gasteiger partial charge on any atom is -0.378 e. The smallest absolute Gasteiger partial charge is 0.0700 e. The van der Waals surface area contributed by atoms with Crippen molar-refractivity contribution in [2.45, 2.75) is 96.5 Å². The normalized spacial score (nSPS) is 20.8. The lowest BCUT2D eigenvalue weighted by Crippen LogP contribution is -2.18. The SMILES string of the molecule is CCCCCCCCCCCCCCC1CSCCOCCOCCSCCO1. The van der Waals surface area contributed by atoms with Crippen molar-refractivity contribution in [3.05, 3.63) is 0 Å². The highest BCUT2D eigenvalue weighted by atomic mass is 32.2. The second kappa shape index (κ2) is 23.2. The predicted octanol–water partition coefficient (Wildman–Crippen LogP) is 6.98. The fourth-order valence-electron chi connectivity index (χ4n) is 3.58. The van der Waals surface area contributed by atoms with Crippen LogP contribution in [0.25, 0.3) is 0 Å². The number of hydrogen-bond acceptors (Lipinski definition) is 5. The molecule has 1 saturated heterocycles. The third-order valence-electron chi connectivity index (χ3n) is 5.38. The van der Waals surface area contributed by atoms with Gasteiger partial charge in [0.15, 0.2) is 0 Å². The highest BCUT2D eigenvalue weighted by Crippen LogP contribution is 2.16. The lowest BCUT2D eigenvalue weighted by atomic mass is 10.0.